The van der Waals surface area contributed by atoms with Gasteiger partial charge in [0.05, 0.1) is 12.2 Å². The molecule has 1 aliphatic rings. The number of likely N-dealkylation sites (N-methyl/N-ethyl adjacent to an activating group) is 1. The van der Waals surface area contributed by atoms with Gasteiger partial charge in [-0.25, -0.2) is 9.38 Å². The van der Waals surface area contributed by atoms with Crippen molar-refractivity contribution in [3.63, 3.8) is 0 Å². The van der Waals surface area contributed by atoms with E-state index in [4.69, 9.17) is 5.73 Å². The number of hydrogen-bond donors (Lipinski definition) is 2. The molecule has 1 atom stereocenters. The molecule has 0 aliphatic carbocycles. The summed E-state index contributed by atoms with van der Waals surface area (Å²) in [6, 6.07) is 5.69. The number of guanidine groups is 1. The second kappa shape index (κ2) is 10.0. The summed E-state index contributed by atoms with van der Waals surface area (Å²) in [5, 5.41) is 3.19. The predicted octanol–water partition coefficient (Wildman–Crippen LogP) is 2.40. The molecule has 0 spiro atoms. The van der Waals surface area contributed by atoms with E-state index < -0.39 is 0 Å². The summed E-state index contributed by atoms with van der Waals surface area (Å²) in [7, 11) is 3.64. The van der Waals surface area contributed by atoms with Crippen LogP contribution >= 0.6 is 24.0 Å². The number of benzene rings is 1. The van der Waals surface area contributed by atoms with Gasteiger partial charge in [-0.05, 0) is 43.6 Å². The molecule has 24 heavy (non-hydrogen) atoms. The molecule has 2 rings (SSSR count). The number of nitrogens with zero attached hydrogens (tertiary/aromatic N) is 3. The maximum Gasteiger partial charge on any atom is 0.188 e. The van der Waals surface area contributed by atoms with E-state index in [-0.39, 0.29) is 29.8 Å². The number of likely N-dealkylation sites (tertiary alicyclic amines) is 1. The second-order valence-corrected chi connectivity index (χ2v) is 6.19. The third-order valence-electron chi connectivity index (χ3n) is 4.35. The smallest absolute Gasteiger partial charge is 0.188 e. The van der Waals surface area contributed by atoms with E-state index in [0.29, 0.717) is 24.2 Å². The highest BCUT2D eigenvalue weighted by atomic mass is 127. The van der Waals surface area contributed by atoms with E-state index in [2.05, 4.69) is 22.1 Å². The molecule has 0 amide bonds. The quantitative estimate of drug-likeness (QED) is 0.398. The topological polar surface area (TPSA) is 56.9 Å². The molecule has 1 fully saturated rings. The van der Waals surface area contributed by atoms with Crippen molar-refractivity contribution >= 4 is 35.6 Å². The highest BCUT2D eigenvalue weighted by Gasteiger charge is 2.22. The van der Waals surface area contributed by atoms with E-state index >= 15 is 0 Å². The van der Waals surface area contributed by atoms with Crippen molar-refractivity contribution in [2.24, 2.45) is 10.7 Å². The summed E-state index contributed by atoms with van der Waals surface area (Å²) in [6.07, 6.45) is 2.44. The molecular formula is C17H29FIN5. The summed E-state index contributed by atoms with van der Waals surface area (Å²) in [5.74, 6) is 0.184. The molecule has 1 heterocycles. The van der Waals surface area contributed by atoms with Crippen LogP contribution < -0.4 is 16.0 Å². The number of nitrogens with two attached hydrogens (primary N) is 1. The monoisotopic (exact) mass is 449 g/mol. The fourth-order valence-corrected chi connectivity index (χ4v) is 3.01. The van der Waals surface area contributed by atoms with Crippen LogP contribution in [0.2, 0.25) is 0 Å². The molecule has 5 nitrogen and oxygen atoms in total. The molecule has 1 saturated heterocycles. The largest absolute Gasteiger partial charge is 0.375 e. The van der Waals surface area contributed by atoms with Gasteiger partial charge in [0.1, 0.15) is 5.82 Å². The van der Waals surface area contributed by atoms with Gasteiger partial charge < -0.3 is 16.0 Å². The lowest BCUT2D eigenvalue weighted by atomic mass is 10.2. The first-order valence-corrected chi connectivity index (χ1v) is 8.24. The lowest BCUT2D eigenvalue weighted by Gasteiger charge is -2.23. The van der Waals surface area contributed by atoms with Gasteiger partial charge in [-0.1, -0.05) is 13.0 Å². The predicted molar refractivity (Wildman–Crippen MR) is 110 cm³/mol. The zero-order valence-electron chi connectivity index (χ0n) is 14.8. The van der Waals surface area contributed by atoms with Crippen LogP contribution in [0.25, 0.3) is 0 Å². The van der Waals surface area contributed by atoms with Crippen LogP contribution in [0.15, 0.2) is 23.2 Å². The molecule has 7 heteroatoms. The number of aliphatic imine (C=N–C) groups is 1. The van der Waals surface area contributed by atoms with Crippen LogP contribution in [-0.4, -0.2) is 50.6 Å². The van der Waals surface area contributed by atoms with Gasteiger partial charge >= 0.3 is 0 Å². The standard InChI is InChI=1S/C17H28FN5.HI/c1-4-23-9-5-6-14(23)12-21-17(19)20-11-13-7-8-16(22(2)3)15(18)10-13;/h7-8,10,14H,4-6,9,11-12H2,1-3H3,(H3,19,20,21);1H. The maximum absolute atomic E-state index is 13.9. The lowest BCUT2D eigenvalue weighted by molar-refractivity contribution is 0.267. The van der Waals surface area contributed by atoms with Gasteiger partial charge in [0.15, 0.2) is 5.96 Å². The van der Waals surface area contributed by atoms with E-state index in [0.717, 1.165) is 25.2 Å². The highest BCUT2D eigenvalue weighted by Crippen LogP contribution is 2.18. The van der Waals surface area contributed by atoms with Crippen LogP contribution in [0.1, 0.15) is 25.3 Å². The van der Waals surface area contributed by atoms with Crippen molar-refractivity contribution in [2.45, 2.75) is 32.4 Å². The van der Waals surface area contributed by atoms with Crippen molar-refractivity contribution in [1.29, 1.82) is 0 Å². The van der Waals surface area contributed by atoms with Gasteiger partial charge in [-0.2, -0.15) is 0 Å². The Hall–Kier alpha value is -1.09. The number of halogens is 2. The Morgan fingerprint density at radius 3 is 2.83 bits per heavy atom. The van der Waals surface area contributed by atoms with Gasteiger partial charge in [-0.3, -0.25) is 4.90 Å². The molecular weight excluding hydrogens is 420 g/mol. The first-order valence-electron chi connectivity index (χ1n) is 8.24. The molecule has 136 valence electrons. The van der Waals surface area contributed by atoms with Crippen LogP contribution in [0, 0.1) is 5.82 Å². The van der Waals surface area contributed by atoms with Gasteiger partial charge in [0, 0.05) is 26.7 Å². The molecule has 0 radical (unpaired) electrons. The minimum absolute atomic E-state index is 0. The number of nitrogens with one attached hydrogen (secondary N) is 1. The minimum atomic E-state index is -0.237. The van der Waals surface area contributed by atoms with Crippen LogP contribution in [0.5, 0.6) is 0 Å². The minimum Gasteiger partial charge on any atom is -0.375 e. The summed E-state index contributed by atoms with van der Waals surface area (Å²) in [4.78, 5) is 8.51. The van der Waals surface area contributed by atoms with Crippen molar-refractivity contribution in [3.8, 4) is 0 Å². The van der Waals surface area contributed by atoms with Crippen molar-refractivity contribution in [3.05, 3.63) is 29.6 Å². The van der Waals surface area contributed by atoms with E-state index in [9.17, 15) is 4.39 Å². The molecule has 1 unspecified atom stereocenters. The molecule has 0 bridgehead atoms. The summed E-state index contributed by atoms with van der Waals surface area (Å²) < 4.78 is 13.9. The van der Waals surface area contributed by atoms with Crippen LogP contribution in [0.3, 0.4) is 0 Å². The summed E-state index contributed by atoms with van der Waals surface area (Å²) in [6.45, 7) is 5.61. The zero-order valence-corrected chi connectivity index (χ0v) is 17.1. The van der Waals surface area contributed by atoms with Crippen molar-refractivity contribution in [1.82, 2.24) is 10.2 Å². The van der Waals surface area contributed by atoms with Crippen molar-refractivity contribution in [2.75, 3.05) is 38.6 Å². The molecule has 0 aromatic heterocycles. The Labute approximate surface area is 161 Å². The first kappa shape index (κ1) is 21.0. The average molecular weight is 449 g/mol. The second-order valence-electron chi connectivity index (χ2n) is 6.19. The molecule has 0 saturated carbocycles. The third kappa shape index (κ3) is 5.77. The summed E-state index contributed by atoms with van der Waals surface area (Å²) in [5.41, 5.74) is 7.31. The Bertz CT molecular complexity index is 550. The third-order valence-corrected chi connectivity index (χ3v) is 4.35. The summed E-state index contributed by atoms with van der Waals surface area (Å²) >= 11 is 0. The van der Waals surface area contributed by atoms with Crippen LogP contribution in [-0.2, 0) is 6.54 Å². The Morgan fingerprint density at radius 2 is 2.21 bits per heavy atom. The Morgan fingerprint density at radius 1 is 1.46 bits per heavy atom. The molecule has 1 aromatic rings. The SMILES string of the molecule is CCN1CCCC1CNC(N)=NCc1ccc(N(C)C)c(F)c1.I. The molecule has 1 aliphatic heterocycles. The highest BCUT2D eigenvalue weighted by molar-refractivity contribution is 14.0. The lowest BCUT2D eigenvalue weighted by Crippen LogP contribution is -2.42. The maximum atomic E-state index is 13.9. The van der Waals surface area contributed by atoms with Crippen molar-refractivity contribution < 1.29 is 4.39 Å². The van der Waals surface area contributed by atoms with E-state index in [1.54, 1.807) is 11.0 Å². The van der Waals surface area contributed by atoms with Gasteiger partial charge in [-0.15, -0.1) is 24.0 Å². The van der Waals surface area contributed by atoms with Gasteiger partial charge in [0.25, 0.3) is 0 Å². The van der Waals surface area contributed by atoms with Gasteiger partial charge in [0.2, 0.25) is 0 Å². The number of anilines is 1. The Kier molecular flexibility index (Phi) is 8.75. The molecule has 1 aromatic carbocycles. The Balaban J connectivity index is 0.00000288. The normalized spacial score (nSPS) is 18.3. The fraction of sp³-hybridized carbons (Fsp3) is 0.588. The zero-order chi connectivity index (χ0) is 16.8. The number of hydrogen-bond acceptors (Lipinski definition) is 3. The fourth-order valence-electron chi connectivity index (χ4n) is 3.01. The first-order chi connectivity index (χ1) is 11.0. The average Bonchev–Trinajstić information content (AvgIpc) is 2.98. The van der Waals surface area contributed by atoms with E-state index in [1.807, 2.05) is 20.2 Å². The van der Waals surface area contributed by atoms with E-state index in [1.165, 1.54) is 18.9 Å². The number of rotatable bonds is 6. The molecule has 3 N–H and O–H groups in total. The van der Waals surface area contributed by atoms with Crippen LogP contribution in [0.4, 0.5) is 10.1 Å².